The summed E-state index contributed by atoms with van der Waals surface area (Å²) in [7, 11) is -3.65. The normalized spacial score (nSPS) is 21.1. The zero-order valence-corrected chi connectivity index (χ0v) is 12.6. The standard InChI is InChI=1S/C13H18ClFN2O2S/c14-12-9-11(4-5-13(12)15)20(18,19)17-8-2-1-3-10(17)6-7-16/h4-5,9-10H,1-3,6-8,16H2. The van der Waals surface area contributed by atoms with Gasteiger partial charge in [0.25, 0.3) is 0 Å². The summed E-state index contributed by atoms with van der Waals surface area (Å²) in [5.41, 5.74) is 5.56. The SMILES string of the molecule is NCCC1CCCCN1S(=O)(=O)c1ccc(F)c(Cl)c1. The third kappa shape index (κ3) is 3.14. The monoisotopic (exact) mass is 320 g/mol. The Morgan fingerprint density at radius 3 is 2.80 bits per heavy atom. The molecule has 1 heterocycles. The smallest absolute Gasteiger partial charge is 0.243 e. The van der Waals surface area contributed by atoms with E-state index in [2.05, 4.69) is 0 Å². The Labute approximate surface area is 123 Å². The quantitative estimate of drug-likeness (QED) is 0.926. The van der Waals surface area contributed by atoms with E-state index in [4.69, 9.17) is 17.3 Å². The van der Waals surface area contributed by atoms with Crippen LogP contribution in [-0.2, 0) is 10.0 Å². The van der Waals surface area contributed by atoms with Gasteiger partial charge in [-0.25, -0.2) is 12.8 Å². The molecule has 112 valence electrons. The summed E-state index contributed by atoms with van der Waals surface area (Å²) in [6.45, 7) is 0.920. The van der Waals surface area contributed by atoms with Crippen molar-refractivity contribution in [2.45, 2.75) is 36.6 Å². The van der Waals surface area contributed by atoms with Gasteiger partial charge in [0, 0.05) is 12.6 Å². The first-order valence-corrected chi connectivity index (χ1v) is 8.45. The fraction of sp³-hybridized carbons (Fsp3) is 0.538. The Morgan fingerprint density at radius 2 is 2.15 bits per heavy atom. The van der Waals surface area contributed by atoms with E-state index in [0.29, 0.717) is 19.5 Å². The van der Waals surface area contributed by atoms with Gasteiger partial charge in [-0.3, -0.25) is 0 Å². The molecule has 1 atom stereocenters. The maximum atomic E-state index is 13.2. The van der Waals surface area contributed by atoms with E-state index >= 15 is 0 Å². The largest absolute Gasteiger partial charge is 0.330 e. The molecule has 1 fully saturated rings. The van der Waals surface area contributed by atoms with E-state index in [-0.39, 0.29) is 16.0 Å². The molecule has 1 unspecified atom stereocenters. The van der Waals surface area contributed by atoms with Crippen LogP contribution in [-0.4, -0.2) is 31.9 Å². The number of rotatable bonds is 4. The minimum atomic E-state index is -3.65. The molecule has 1 aliphatic heterocycles. The number of halogens is 2. The average molecular weight is 321 g/mol. The van der Waals surface area contributed by atoms with Gasteiger partial charge in [-0.2, -0.15) is 4.31 Å². The first-order chi connectivity index (χ1) is 9.46. The molecule has 2 rings (SSSR count). The highest BCUT2D eigenvalue weighted by atomic mass is 35.5. The lowest BCUT2D eigenvalue weighted by Gasteiger charge is -2.34. The van der Waals surface area contributed by atoms with Gasteiger partial charge in [0.2, 0.25) is 10.0 Å². The van der Waals surface area contributed by atoms with Gasteiger partial charge in [-0.1, -0.05) is 18.0 Å². The summed E-state index contributed by atoms with van der Waals surface area (Å²) in [4.78, 5) is 0.0350. The molecule has 7 heteroatoms. The van der Waals surface area contributed by atoms with Gasteiger partial charge in [0.15, 0.2) is 0 Å². The van der Waals surface area contributed by atoms with Crippen LogP contribution in [0.1, 0.15) is 25.7 Å². The van der Waals surface area contributed by atoms with E-state index in [1.54, 1.807) is 0 Å². The topological polar surface area (TPSA) is 63.4 Å². The third-order valence-corrected chi connectivity index (χ3v) is 5.81. The number of piperidine rings is 1. The van der Waals surface area contributed by atoms with E-state index in [1.807, 2.05) is 0 Å². The molecule has 1 aromatic carbocycles. The van der Waals surface area contributed by atoms with Gasteiger partial charge in [0.1, 0.15) is 5.82 Å². The second-order valence-corrected chi connectivity index (χ2v) is 7.22. The molecule has 0 aliphatic carbocycles. The lowest BCUT2D eigenvalue weighted by molar-refractivity contribution is 0.243. The molecule has 0 spiro atoms. The number of sulfonamides is 1. The van der Waals surface area contributed by atoms with Crippen molar-refractivity contribution in [2.75, 3.05) is 13.1 Å². The maximum absolute atomic E-state index is 13.2. The third-order valence-electron chi connectivity index (χ3n) is 3.57. The molecule has 0 amide bonds. The van der Waals surface area contributed by atoms with E-state index in [1.165, 1.54) is 16.4 Å². The maximum Gasteiger partial charge on any atom is 0.243 e. The first kappa shape index (κ1) is 15.7. The summed E-state index contributed by atoms with van der Waals surface area (Å²) in [5, 5.41) is -0.182. The fourth-order valence-corrected chi connectivity index (χ4v) is 4.54. The van der Waals surface area contributed by atoms with Crippen LogP contribution in [0.3, 0.4) is 0 Å². The van der Waals surface area contributed by atoms with Crippen LogP contribution in [0.4, 0.5) is 4.39 Å². The van der Waals surface area contributed by atoms with Gasteiger partial charge in [-0.15, -0.1) is 0 Å². The number of benzene rings is 1. The van der Waals surface area contributed by atoms with Crippen molar-refractivity contribution in [3.63, 3.8) is 0 Å². The average Bonchev–Trinajstić information content (AvgIpc) is 2.42. The molecule has 0 saturated carbocycles. The second kappa shape index (κ2) is 6.39. The van der Waals surface area contributed by atoms with Crippen LogP contribution in [0, 0.1) is 5.82 Å². The molecule has 4 nitrogen and oxygen atoms in total. The highest BCUT2D eigenvalue weighted by Gasteiger charge is 2.33. The highest BCUT2D eigenvalue weighted by Crippen LogP contribution is 2.28. The van der Waals surface area contributed by atoms with Gasteiger partial charge >= 0.3 is 0 Å². The predicted molar refractivity (Wildman–Crippen MR) is 76.6 cm³/mol. The van der Waals surface area contributed by atoms with Crippen molar-refractivity contribution in [3.05, 3.63) is 29.0 Å². The van der Waals surface area contributed by atoms with Crippen LogP contribution < -0.4 is 5.73 Å². The van der Waals surface area contributed by atoms with Crippen LogP contribution in [0.25, 0.3) is 0 Å². The van der Waals surface area contributed by atoms with Crippen LogP contribution >= 0.6 is 11.6 Å². The zero-order chi connectivity index (χ0) is 14.8. The van der Waals surface area contributed by atoms with E-state index in [9.17, 15) is 12.8 Å². The van der Waals surface area contributed by atoms with Crippen LogP contribution in [0.15, 0.2) is 23.1 Å². The highest BCUT2D eigenvalue weighted by molar-refractivity contribution is 7.89. The summed E-state index contributed by atoms with van der Waals surface area (Å²) < 4.78 is 39.9. The Bertz CT molecular complexity index is 578. The van der Waals surface area contributed by atoms with Crippen molar-refractivity contribution >= 4 is 21.6 Å². The molecular weight excluding hydrogens is 303 g/mol. The molecule has 0 radical (unpaired) electrons. The molecular formula is C13H18ClFN2O2S. The predicted octanol–water partition coefficient (Wildman–Crippen LogP) is 2.37. The van der Waals surface area contributed by atoms with E-state index in [0.717, 1.165) is 25.3 Å². The summed E-state index contributed by atoms with van der Waals surface area (Å²) in [6.07, 6.45) is 3.27. The molecule has 2 N–H and O–H groups in total. The Hall–Kier alpha value is -0.690. The Balaban J connectivity index is 2.34. The minimum Gasteiger partial charge on any atom is -0.330 e. The summed E-state index contributed by atoms with van der Waals surface area (Å²) in [5.74, 6) is -0.622. The Kier molecular flexibility index (Phi) is 5.01. The molecule has 1 aromatic rings. The molecule has 0 bridgehead atoms. The molecule has 1 saturated heterocycles. The Morgan fingerprint density at radius 1 is 1.40 bits per heavy atom. The van der Waals surface area contributed by atoms with Crippen molar-refractivity contribution in [1.29, 1.82) is 0 Å². The molecule has 1 aliphatic rings. The lowest BCUT2D eigenvalue weighted by atomic mass is 10.0. The van der Waals surface area contributed by atoms with Crippen molar-refractivity contribution in [3.8, 4) is 0 Å². The number of nitrogens with two attached hydrogens (primary N) is 1. The molecule has 0 aromatic heterocycles. The fourth-order valence-electron chi connectivity index (χ4n) is 2.54. The first-order valence-electron chi connectivity index (χ1n) is 6.64. The number of hydrogen-bond acceptors (Lipinski definition) is 3. The van der Waals surface area contributed by atoms with Gasteiger partial charge < -0.3 is 5.73 Å². The van der Waals surface area contributed by atoms with Crippen molar-refractivity contribution in [2.24, 2.45) is 5.73 Å². The molecule has 20 heavy (non-hydrogen) atoms. The van der Waals surface area contributed by atoms with E-state index < -0.39 is 15.8 Å². The van der Waals surface area contributed by atoms with Crippen molar-refractivity contribution in [1.82, 2.24) is 4.31 Å². The minimum absolute atomic E-state index is 0.0350. The summed E-state index contributed by atoms with van der Waals surface area (Å²) >= 11 is 5.68. The lowest BCUT2D eigenvalue weighted by Crippen LogP contribution is -2.44. The van der Waals surface area contributed by atoms with Crippen LogP contribution in [0.2, 0.25) is 5.02 Å². The zero-order valence-electron chi connectivity index (χ0n) is 11.1. The van der Waals surface area contributed by atoms with Gasteiger partial charge in [-0.05, 0) is 44.0 Å². The second-order valence-electron chi connectivity index (χ2n) is 4.92. The van der Waals surface area contributed by atoms with Crippen molar-refractivity contribution < 1.29 is 12.8 Å². The summed E-state index contributed by atoms with van der Waals surface area (Å²) in [6, 6.07) is 3.42. The van der Waals surface area contributed by atoms with Gasteiger partial charge in [0.05, 0.1) is 9.92 Å². The van der Waals surface area contributed by atoms with Crippen LogP contribution in [0.5, 0.6) is 0 Å². The number of nitrogens with zero attached hydrogens (tertiary/aromatic N) is 1. The number of hydrogen-bond donors (Lipinski definition) is 1.